The normalized spacial score (nSPS) is 10.8. The van der Waals surface area contributed by atoms with E-state index >= 15 is 0 Å². The third-order valence-electron chi connectivity index (χ3n) is 6.22. The molecule has 0 atom stereocenters. The largest absolute Gasteiger partial charge is 0.494 e. The lowest BCUT2D eigenvalue weighted by atomic mass is 10.1. The fourth-order valence-corrected chi connectivity index (χ4v) is 4.27. The molecule has 0 radical (unpaired) electrons. The number of hydrogen-bond donors (Lipinski definition) is 3. The van der Waals surface area contributed by atoms with E-state index < -0.39 is 0 Å². The molecule has 3 N–H and O–H groups in total. The Bertz CT molecular complexity index is 1550. The summed E-state index contributed by atoms with van der Waals surface area (Å²) in [7, 11) is 7.64. The molecule has 0 bridgehead atoms. The molecule has 200 valence electrons. The number of fused-ring (bicyclic) bond motifs is 1. The summed E-state index contributed by atoms with van der Waals surface area (Å²) in [6, 6.07) is 11.4. The van der Waals surface area contributed by atoms with Crippen molar-refractivity contribution in [1.82, 2.24) is 19.4 Å². The Morgan fingerprint density at radius 1 is 1.21 bits per heavy atom. The van der Waals surface area contributed by atoms with Crippen molar-refractivity contribution in [2.45, 2.75) is 6.42 Å². The molecule has 0 fully saturated rings. The van der Waals surface area contributed by atoms with Crippen LogP contribution in [0.5, 0.6) is 5.75 Å². The molecule has 0 unspecified atom stereocenters. The van der Waals surface area contributed by atoms with Gasteiger partial charge in [-0.2, -0.15) is 0 Å². The molecule has 2 aromatic heterocycles. The second kappa shape index (κ2) is 12.2. The van der Waals surface area contributed by atoms with E-state index in [1.54, 1.807) is 19.4 Å². The number of carbonyl (C=O) groups is 1. The molecular weight excluding hydrogens is 490 g/mol. The van der Waals surface area contributed by atoms with Gasteiger partial charge in [-0.3, -0.25) is 4.79 Å². The summed E-state index contributed by atoms with van der Waals surface area (Å²) >= 11 is 0. The molecule has 4 aromatic rings. The zero-order valence-electron chi connectivity index (χ0n) is 22.7. The molecule has 1 amide bonds. The first-order valence-electron chi connectivity index (χ1n) is 12.5. The molecule has 39 heavy (non-hydrogen) atoms. The number of nitrogens with one attached hydrogen (secondary N) is 3. The van der Waals surface area contributed by atoms with Crippen LogP contribution in [-0.2, 0) is 11.8 Å². The molecule has 0 saturated carbocycles. The lowest BCUT2D eigenvalue weighted by Crippen LogP contribution is -2.17. The van der Waals surface area contributed by atoms with Gasteiger partial charge in [0.05, 0.1) is 29.9 Å². The Kier molecular flexibility index (Phi) is 8.49. The number of rotatable bonds is 11. The standard InChI is InChI=1S/C30H33N7O2/c1-7-20-10-11-21-22(19-37(5)27(21)16-20)23-12-14-32-30(34-23)35-26-17-25(33-29(38)8-2)24(18-28(26)39-6)31-13-9-15-36(3)4/h1,8,10-12,14,16-19,31H,2,9,13,15H2,3-6H3,(H,33,38)(H,32,34,35). The van der Waals surface area contributed by atoms with E-state index in [-0.39, 0.29) is 5.91 Å². The van der Waals surface area contributed by atoms with E-state index in [2.05, 4.69) is 38.3 Å². The van der Waals surface area contributed by atoms with Gasteiger partial charge in [0.2, 0.25) is 11.9 Å². The fourth-order valence-electron chi connectivity index (χ4n) is 4.27. The molecular formula is C30H33N7O2. The van der Waals surface area contributed by atoms with Crippen LogP contribution in [0.1, 0.15) is 12.0 Å². The quantitative estimate of drug-likeness (QED) is 0.147. The van der Waals surface area contributed by atoms with Gasteiger partial charge >= 0.3 is 0 Å². The second-order valence-electron chi connectivity index (χ2n) is 9.30. The number of anilines is 4. The van der Waals surface area contributed by atoms with E-state index in [0.717, 1.165) is 52.9 Å². The number of amides is 1. The highest BCUT2D eigenvalue weighted by atomic mass is 16.5. The number of benzene rings is 2. The average molecular weight is 524 g/mol. The van der Waals surface area contributed by atoms with E-state index in [4.69, 9.17) is 16.1 Å². The van der Waals surface area contributed by atoms with Gasteiger partial charge < -0.3 is 30.2 Å². The Hall–Kier alpha value is -4.81. The van der Waals surface area contributed by atoms with Crippen molar-refractivity contribution in [2.24, 2.45) is 7.05 Å². The maximum Gasteiger partial charge on any atom is 0.247 e. The zero-order valence-corrected chi connectivity index (χ0v) is 22.7. The minimum absolute atomic E-state index is 0.315. The van der Waals surface area contributed by atoms with Gasteiger partial charge in [0.1, 0.15) is 5.75 Å². The molecule has 0 aliphatic heterocycles. The first kappa shape index (κ1) is 27.2. The summed E-state index contributed by atoms with van der Waals surface area (Å²) in [6.07, 6.45) is 11.5. The van der Waals surface area contributed by atoms with Crippen molar-refractivity contribution in [3.63, 3.8) is 0 Å². The average Bonchev–Trinajstić information content (AvgIpc) is 3.27. The Labute approximate surface area is 228 Å². The van der Waals surface area contributed by atoms with Gasteiger partial charge in [0.15, 0.2) is 0 Å². The molecule has 2 aromatic carbocycles. The van der Waals surface area contributed by atoms with E-state index in [9.17, 15) is 4.79 Å². The maximum atomic E-state index is 12.2. The topological polar surface area (TPSA) is 96.3 Å². The smallest absolute Gasteiger partial charge is 0.247 e. The summed E-state index contributed by atoms with van der Waals surface area (Å²) in [4.78, 5) is 23.5. The van der Waals surface area contributed by atoms with E-state index in [1.807, 2.05) is 62.2 Å². The van der Waals surface area contributed by atoms with Crippen LogP contribution in [0.3, 0.4) is 0 Å². The fraction of sp³-hybridized carbons (Fsp3) is 0.233. The van der Waals surface area contributed by atoms with Crippen molar-refractivity contribution in [3.8, 4) is 29.4 Å². The molecule has 0 spiro atoms. The van der Waals surface area contributed by atoms with E-state index in [1.165, 1.54) is 6.08 Å². The van der Waals surface area contributed by atoms with Gasteiger partial charge in [-0.1, -0.05) is 18.6 Å². The monoisotopic (exact) mass is 523 g/mol. The number of aromatic nitrogens is 3. The summed E-state index contributed by atoms with van der Waals surface area (Å²) in [6.45, 7) is 5.23. The van der Waals surface area contributed by atoms with Gasteiger partial charge in [-0.05, 0) is 57.4 Å². The lowest BCUT2D eigenvalue weighted by Gasteiger charge is -2.18. The predicted molar refractivity (Wildman–Crippen MR) is 159 cm³/mol. The van der Waals surface area contributed by atoms with Crippen LogP contribution in [-0.4, -0.2) is 59.6 Å². The Morgan fingerprint density at radius 2 is 2.03 bits per heavy atom. The number of methoxy groups -OCH3 is 1. The van der Waals surface area contributed by atoms with Crippen LogP contribution in [0.2, 0.25) is 0 Å². The maximum absolute atomic E-state index is 12.2. The first-order valence-corrected chi connectivity index (χ1v) is 12.5. The second-order valence-corrected chi connectivity index (χ2v) is 9.30. The summed E-state index contributed by atoms with van der Waals surface area (Å²) in [5.74, 6) is 3.33. The van der Waals surface area contributed by atoms with Crippen molar-refractivity contribution < 1.29 is 9.53 Å². The summed E-state index contributed by atoms with van der Waals surface area (Å²) < 4.78 is 7.70. The summed E-state index contributed by atoms with van der Waals surface area (Å²) in [5, 5.41) is 10.6. The molecule has 0 aliphatic rings. The van der Waals surface area contributed by atoms with Crippen molar-refractivity contribution in [1.29, 1.82) is 0 Å². The number of hydrogen-bond acceptors (Lipinski definition) is 7. The Morgan fingerprint density at radius 3 is 2.74 bits per heavy atom. The number of aryl methyl sites for hydroxylation is 1. The predicted octanol–water partition coefficient (Wildman–Crippen LogP) is 4.86. The van der Waals surface area contributed by atoms with Gasteiger partial charge in [-0.15, -0.1) is 6.42 Å². The zero-order chi connectivity index (χ0) is 27.9. The number of terminal acetylenes is 1. The highest BCUT2D eigenvalue weighted by Gasteiger charge is 2.15. The third kappa shape index (κ3) is 6.37. The number of nitrogens with zero attached hydrogens (tertiary/aromatic N) is 4. The molecule has 0 aliphatic carbocycles. The molecule has 9 nitrogen and oxygen atoms in total. The summed E-state index contributed by atoms with van der Waals surface area (Å²) in [5.41, 5.74) is 5.48. The van der Waals surface area contributed by atoms with Crippen molar-refractivity contribution in [2.75, 3.05) is 50.2 Å². The first-order chi connectivity index (χ1) is 18.8. The van der Waals surface area contributed by atoms with Gasteiger partial charge in [0, 0.05) is 54.1 Å². The van der Waals surface area contributed by atoms with E-state index in [0.29, 0.717) is 23.1 Å². The van der Waals surface area contributed by atoms with Gasteiger partial charge in [0.25, 0.3) is 0 Å². The Balaban J connectivity index is 1.66. The molecule has 2 heterocycles. The molecule has 0 saturated heterocycles. The highest BCUT2D eigenvalue weighted by Crippen LogP contribution is 2.37. The van der Waals surface area contributed by atoms with Crippen molar-refractivity contribution in [3.05, 3.63) is 67.0 Å². The molecule has 4 rings (SSSR count). The minimum atomic E-state index is -0.315. The SMILES string of the molecule is C#Cc1ccc2c(-c3ccnc(Nc4cc(NC(=O)C=C)c(NCCCN(C)C)cc4OC)n3)cn(C)c2c1. The van der Waals surface area contributed by atoms with Crippen molar-refractivity contribution >= 4 is 39.8 Å². The number of ether oxygens (including phenoxy) is 1. The van der Waals surface area contributed by atoms with Crippen LogP contribution in [0, 0.1) is 12.3 Å². The van der Waals surface area contributed by atoms with Crippen LogP contribution in [0.25, 0.3) is 22.2 Å². The lowest BCUT2D eigenvalue weighted by molar-refractivity contribution is -0.111. The molecule has 9 heteroatoms. The minimum Gasteiger partial charge on any atom is -0.494 e. The van der Waals surface area contributed by atoms with Gasteiger partial charge in [-0.25, -0.2) is 9.97 Å². The van der Waals surface area contributed by atoms with Crippen LogP contribution in [0.4, 0.5) is 23.0 Å². The highest BCUT2D eigenvalue weighted by molar-refractivity contribution is 6.02. The number of carbonyl (C=O) groups excluding carboxylic acids is 1. The van der Waals surface area contributed by atoms with Crippen LogP contribution in [0.15, 0.2) is 61.4 Å². The third-order valence-corrected chi connectivity index (χ3v) is 6.22. The van der Waals surface area contributed by atoms with Crippen LogP contribution < -0.4 is 20.7 Å². The van der Waals surface area contributed by atoms with Crippen LogP contribution >= 0.6 is 0 Å².